The highest BCUT2D eigenvalue weighted by Gasteiger charge is 2.32. The molecule has 2 aromatic rings. The minimum atomic E-state index is -0.250. The number of aromatic nitrogens is 3. The van der Waals surface area contributed by atoms with Gasteiger partial charge in [0.25, 0.3) is 12.4 Å². The van der Waals surface area contributed by atoms with Gasteiger partial charge in [0.1, 0.15) is 0 Å². The molecule has 0 aromatic carbocycles. The molecule has 1 atom stereocenters. The van der Waals surface area contributed by atoms with Crippen molar-refractivity contribution in [2.75, 3.05) is 26.7 Å². The van der Waals surface area contributed by atoms with Crippen molar-refractivity contribution in [3.8, 4) is 0 Å². The second-order valence-electron chi connectivity index (χ2n) is 7.75. The highest BCUT2D eigenvalue weighted by Crippen LogP contribution is 2.24. The molecule has 2 amide bonds. The van der Waals surface area contributed by atoms with Gasteiger partial charge >= 0.3 is 0 Å². The summed E-state index contributed by atoms with van der Waals surface area (Å²) in [4.78, 5) is 42.1. The lowest BCUT2D eigenvalue weighted by atomic mass is 9.95. The number of hydrogen-bond acceptors (Lipinski definition) is 6. The number of carbonyl (C=O) groups excluding carboxylic acids is 2. The maximum Gasteiger partial charge on any atom is 0.290 e. The van der Waals surface area contributed by atoms with Crippen molar-refractivity contribution in [3.05, 3.63) is 47.0 Å². The number of pyridine rings is 1. The largest absolute Gasteiger partial charge is 0.483 e. The van der Waals surface area contributed by atoms with Crippen molar-refractivity contribution in [3.63, 3.8) is 0 Å². The summed E-state index contributed by atoms with van der Waals surface area (Å²) >= 11 is 0. The molecule has 10 nitrogen and oxygen atoms in total. The van der Waals surface area contributed by atoms with Crippen LogP contribution in [0.4, 0.5) is 0 Å². The van der Waals surface area contributed by atoms with E-state index < -0.39 is 0 Å². The molecular formula is C21H28N6O4. The van der Waals surface area contributed by atoms with E-state index in [4.69, 9.17) is 9.90 Å². The number of hydrogen-bond donors (Lipinski definition) is 3. The minimum Gasteiger partial charge on any atom is -0.483 e. The SMILES string of the molecule is CN1CCCC(C(=O)N2CCc3c(C(=O)NCc4ccccn4)n[nH]c3C2)C1.O=CO. The van der Waals surface area contributed by atoms with E-state index in [1.165, 1.54) is 0 Å². The third kappa shape index (κ3) is 5.66. The lowest BCUT2D eigenvalue weighted by Gasteiger charge is -2.34. The van der Waals surface area contributed by atoms with Gasteiger partial charge in [0.05, 0.1) is 30.4 Å². The first-order valence-corrected chi connectivity index (χ1v) is 10.3. The Kier molecular flexibility index (Phi) is 7.71. The summed E-state index contributed by atoms with van der Waals surface area (Å²) in [6.07, 6.45) is 4.37. The van der Waals surface area contributed by atoms with Crippen LogP contribution in [0.2, 0.25) is 0 Å². The topological polar surface area (TPSA) is 132 Å². The zero-order valence-electron chi connectivity index (χ0n) is 17.6. The van der Waals surface area contributed by atoms with Crippen molar-refractivity contribution in [2.45, 2.75) is 32.4 Å². The first-order valence-electron chi connectivity index (χ1n) is 10.3. The Morgan fingerprint density at radius 3 is 2.87 bits per heavy atom. The molecule has 31 heavy (non-hydrogen) atoms. The number of nitrogens with zero attached hydrogens (tertiary/aromatic N) is 4. The molecule has 1 fully saturated rings. The van der Waals surface area contributed by atoms with Crippen LogP contribution in [0.25, 0.3) is 0 Å². The molecule has 2 aliphatic heterocycles. The van der Waals surface area contributed by atoms with Crippen LogP contribution in [-0.4, -0.2) is 75.1 Å². The lowest BCUT2D eigenvalue weighted by molar-refractivity contribution is -0.138. The minimum absolute atomic E-state index is 0.0735. The number of carboxylic acid groups (broad SMARTS) is 1. The summed E-state index contributed by atoms with van der Waals surface area (Å²) < 4.78 is 0. The molecule has 10 heteroatoms. The van der Waals surface area contributed by atoms with Gasteiger partial charge in [0.2, 0.25) is 5.91 Å². The molecule has 0 bridgehead atoms. The van der Waals surface area contributed by atoms with Crippen LogP contribution in [0.3, 0.4) is 0 Å². The maximum absolute atomic E-state index is 12.9. The summed E-state index contributed by atoms with van der Waals surface area (Å²) in [6.45, 7) is 3.12. The first kappa shape index (κ1) is 22.4. The van der Waals surface area contributed by atoms with Gasteiger partial charge in [-0.05, 0) is 45.0 Å². The van der Waals surface area contributed by atoms with Crippen LogP contribution in [0, 0.1) is 5.92 Å². The molecule has 2 aliphatic rings. The number of aromatic amines is 1. The molecule has 1 saturated heterocycles. The van der Waals surface area contributed by atoms with E-state index in [0.29, 0.717) is 31.7 Å². The van der Waals surface area contributed by atoms with Crippen LogP contribution < -0.4 is 5.32 Å². The zero-order chi connectivity index (χ0) is 22.2. The quantitative estimate of drug-likeness (QED) is 0.610. The highest BCUT2D eigenvalue weighted by molar-refractivity contribution is 5.94. The smallest absolute Gasteiger partial charge is 0.290 e. The van der Waals surface area contributed by atoms with E-state index in [2.05, 4.69) is 32.4 Å². The van der Waals surface area contributed by atoms with Gasteiger partial charge in [0.15, 0.2) is 5.69 Å². The Balaban J connectivity index is 0.000000858. The first-order chi connectivity index (χ1) is 15.0. The van der Waals surface area contributed by atoms with Crippen LogP contribution in [0.1, 0.15) is 40.3 Å². The molecule has 0 spiro atoms. The lowest BCUT2D eigenvalue weighted by Crippen LogP contribution is -2.45. The predicted octanol–water partition coefficient (Wildman–Crippen LogP) is 0.662. The second kappa shape index (κ2) is 10.7. The van der Waals surface area contributed by atoms with Crippen molar-refractivity contribution in [1.82, 2.24) is 30.3 Å². The number of likely N-dealkylation sites (tertiary alicyclic amines) is 1. The zero-order valence-corrected chi connectivity index (χ0v) is 17.6. The van der Waals surface area contributed by atoms with Crippen molar-refractivity contribution >= 4 is 18.3 Å². The third-order valence-corrected chi connectivity index (χ3v) is 5.59. The van der Waals surface area contributed by atoms with Crippen LogP contribution in [0.5, 0.6) is 0 Å². The monoisotopic (exact) mass is 428 g/mol. The number of H-pyrrole nitrogens is 1. The average Bonchev–Trinajstić information content (AvgIpc) is 3.21. The van der Waals surface area contributed by atoms with Gasteiger partial charge in [-0.1, -0.05) is 6.07 Å². The van der Waals surface area contributed by atoms with Crippen molar-refractivity contribution in [2.24, 2.45) is 5.92 Å². The van der Waals surface area contributed by atoms with Gasteiger partial charge in [-0.15, -0.1) is 0 Å². The van der Waals surface area contributed by atoms with Crippen molar-refractivity contribution in [1.29, 1.82) is 0 Å². The summed E-state index contributed by atoms with van der Waals surface area (Å²) in [5, 5.41) is 17.0. The van der Waals surface area contributed by atoms with Gasteiger partial charge in [-0.25, -0.2) is 0 Å². The maximum atomic E-state index is 12.9. The van der Waals surface area contributed by atoms with Crippen LogP contribution in [-0.2, 0) is 29.1 Å². The van der Waals surface area contributed by atoms with E-state index in [-0.39, 0.29) is 24.2 Å². The number of fused-ring (bicyclic) bond motifs is 1. The average molecular weight is 428 g/mol. The summed E-state index contributed by atoms with van der Waals surface area (Å²) in [6, 6.07) is 5.60. The number of nitrogens with one attached hydrogen (secondary N) is 2. The Morgan fingerprint density at radius 2 is 2.16 bits per heavy atom. The Bertz CT molecular complexity index is 901. The predicted molar refractivity (Wildman–Crippen MR) is 112 cm³/mol. The molecule has 4 heterocycles. The van der Waals surface area contributed by atoms with E-state index in [1.807, 2.05) is 23.1 Å². The molecule has 0 aliphatic carbocycles. The van der Waals surface area contributed by atoms with Gasteiger partial charge in [-0.2, -0.15) is 5.10 Å². The number of piperidine rings is 1. The van der Waals surface area contributed by atoms with Gasteiger partial charge in [-0.3, -0.25) is 24.5 Å². The number of amides is 2. The molecule has 1 unspecified atom stereocenters. The Labute approximate surface area is 180 Å². The summed E-state index contributed by atoms with van der Waals surface area (Å²) in [5.74, 6) is 0.0779. The Hall–Kier alpha value is -3.27. The molecule has 0 radical (unpaired) electrons. The van der Waals surface area contributed by atoms with E-state index in [0.717, 1.165) is 42.9 Å². The van der Waals surface area contributed by atoms with E-state index in [1.54, 1.807) is 6.20 Å². The molecule has 0 saturated carbocycles. The third-order valence-electron chi connectivity index (χ3n) is 5.59. The standard InChI is InChI=1S/C20H26N6O2.CH2O2/c1-25-9-4-5-14(12-25)20(28)26-10-7-16-17(13-26)23-24-18(16)19(27)22-11-15-6-2-3-8-21-15;2-1-3/h2-3,6,8,14H,4-5,7,9-13H2,1H3,(H,22,27)(H,23,24);1H,(H,2,3). The fraction of sp³-hybridized carbons (Fsp3) is 0.476. The summed E-state index contributed by atoms with van der Waals surface area (Å²) in [5.41, 5.74) is 3.01. The molecule has 166 valence electrons. The highest BCUT2D eigenvalue weighted by atomic mass is 16.3. The molecular weight excluding hydrogens is 400 g/mol. The van der Waals surface area contributed by atoms with Crippen LogP contribution in [0.15, 0.2) is 24.4 Å². The fourth-order valence-electron chi connectivity index (χ4n) is 4.08. The molecule has 4 rings (SSSR count). The second-order valence-corrected chi connectivity index (χ2v) is 7.75. The van der Waals surface area contributed by atoms with Crippen molar-refractivity contribution < 1.29 is 19.5 Å². The number of carbonyl (C=O) groups is 3. The Morgan fingerprint density at radius 1 is 1.35 bits per heavy atom. The summed E-state index contributed by atoms with van der Waals surface area (Å²) in [7, 11) is 2.07. The van der Waals surface area contributed by atoms with Crippen LogP contribution >= 0.6 is 0 Å². The normalized spacial score (nSPS) is 18.4. The van der Waals surface area contributed by atoms with E-state index in [9.17, 15) is 9.59 Å². The van der Waals surface area contributed by atoms with E-state index >= 15 is 0 Å². The molecule has 2 aromatic heterocycles. The van der Waals surface area contributed by atoms with Gasteiger partial charge in [0, 0.05) is 24.8 Å². The van der Waals surface area contributed by atoms with Gasteiger partial charge < -0.3 is 20.2 Å². The fourth-order valence-corrected chi connectivity index (χ4v) is 4.08. The molecule has 3 N–H and O–H groups in total. The number of rotatable bonds is 4.